The van der Waals surface area contributed by atoms with Crippen molar-refractivity contribution in [3.8, 4) is 23.3 Å². The topological polar surface area (TPSA) is 54.3 Å². The van der Waals surface area contributed by atoms with Gasteiger partial charge in [-0.25, -0.2) is 0 Å². The summed E-state index contributed by atoms with van der Waals surface area (Å²) in [4.78, 5) is 0. The first-order chi connectivity index (χ1) is 10.2. The van der Waals surface area contributed by atoms with Crippen LogP contribution in [0.15, 0.2) is 42.5 Å². The number of benzene rings is 2. The van der Waals surface area contributed by atoms with E-state index in [1.807, 2.05) is 31.3 Å². The lowest BCUT2D eigenvalue weighted by Crippen LogP contribution is -2.11. The summed E-state index contributed by atoms with van der Waals surface area (Å²) in [5, 5.41) is 12.1. The van der Waals surface area contributed by atoms with Crippen molar-refractivity contribution < 1.29 is 9.47 Å². The van der Waals surface area contributed by atoms with E-state index in [2.05, 4.69) is 18.3 Å². The molecule has 108 valence electrons. The first-order valence-electron chi connectivity index (χ1n) is 6.71. The lowest BCUT2D eigenvalue weighted by atomic mass is 10.1. The van der Waals surface area contributed by atoms with Crippen LogP contribution in [-0.2, 0) is 0 Å². The molecule has 0 radical (unpaired) electrons. The van der Waals surface area contributed by atoms with Crippen molar-refractivity contribution in [1.29, 1.82) is 5.26 Å². The van der Waals surface area contributed by atoms with Crippen molar-refractivity contribution in [1.82, 2.24) is 5.32 Å². The molecule has 0 aliphatic carbocycles. The molecule has 0 amide bonds. The molecule has 0 saturated carbocycles. The molecular weight excluding hydrogens is 264 g/mol. The van der Waals surface area contributed by atoms with Gasteiger partial charge in [-0.05, 0) is 43.8 Å². The number of nitriles is 1. The second kappa shape index (κ2) is 6.78. The van der Waals surface area contributed by atoms with E-state index in [-0.39, 0.29) is 0 Å². The number of rotatable bonds is 5. The van der Waals surface area contributed by atoms with E-state index in [0.717, 1.165) is 5.75 Å². The van der Waals surface area contributed by atoms with Gasteiger partial charge < -0.3 is 14.8 Å². The Morgan fingerprint density at radius 1 is 1.10 bits per heavy atom. The molecule has 0 aliphatic heterocycles. The van der Waals surface area contributed by atoms with Crippen LogP contribution in [0.2, 0.25) is 0 Å². The van der Waals surface area contributed by atoms with E-state index in [0.29, 0.717) is 23.1 Å². The summed E-state index contributed by atoms with van der Waals surface area (Å²) in [5.41, 5.74) is 1.73. The van der Waals surface area contributed by atoms with Gasteiger partial charge in [0.1, 0.15) is 5.75 Å². The maximum atomic E-state index is 8.89. The summed E-state index contributed by atoms with van der Waals surface area (Å²) in [7, 11) is 3.48. The second-order valence-corrected chi connectivity index (χ2v) is 4.66. The lowest BCUT2D eigenvalue weighted by Gasteiger charge is -2.13. The van der Waals surface area contributed by atoms with Gasteiger partial charge in [-0.15, -0.1) is 0 Å². The average molecular weight is 282 g/mol. The van der Waals surface area contributed by atoms with Gasteiger partial charge >= 0.3 is 0 Å². The Labute approximate surface area is 124 Å². The molecule has 0 spiro atoms. The molecule has 2 rings (SSSR count). The maximum Gasteiger partial charge on any atom is 0.169 e. The van der Waals surface area contributed by atoms with E-state index in [1.165, 1.54) is 5.56 Å². The maximum absolute atomic E-state index is 8.89. The Bertz CT molecular complexity index is 645. The van der Waals surface area contributed by atoms with Crippen molar-refractivity contribution in [3.63, 3.8) is 0 Å². The van der Waals surface area contributed by atoms with Gasteiger partial charge in [-0.3, -0.25) is 0 Å². The molecule has 1 atom stereocenters. The zero-order valence-electron chi connectivity index (χ0n) is 12.4. The minimum absolute atomic E-state index is 0.295. The first-order valence-corrected chi connectivity index (χ1v) is 6.71. The minimum Gasteiger partial charge on any atom is -0.493 e. The molecule has 2 aromatic carbocycles. The first kappa shape index (κ1) is 14.9. The molecule has 2 aromatic rings. The fraction of sp³-hybridized carbons (Fsp3) is 0.235. The third-order valence-electron chi connectivity index (χ3n) is 3.33. The SMILES string of the molecule is CNC(C)c1ccc(Oc2ccc(C#N)cc2OC)cc1. The smallest absolute Gasteiger partial charge is 0.169 e. The molecule has 0 fully saturated rings. The minimum atomic E-state index is 0.295. The Balaban J connectivity index is 2.20. The normalized spacial score (nSPS) is 11.5. The molecule has 0 saturated heterocycles. The van der Waals surface area contributed by atoms with Crippen LogP contribution in [0, 0.1) is 11.3 Å². The molecular formula is C17H18N2O2. The van der Waals surface area contributed by atoms with Crippen molar-refractivity contribution in [3.05, 3.63) is 53.6 Å². The van der Waals surface area contributed by atoms with Gasteiger partial charge in [0.2, 0.25) is 0 Å². The third kappa shape index (κ3) is 3.53. The van der Waals surface area contributed by atoms with Crippen LogP contribution >= 0.6 is 0 Å². The summed E-state index contributed by atoms with van der Waals surface area (Å²) >= 11 is 0. The predicted octanol–water partition coefficient (Wildman–Crippen LogP) is 3.64. The fourth-order valence-corrected chi connectivity index (χ4v) is 1.94. The number of hydrogen-bond acceptors (Lipinski definition) is 4. The molecule has 4 nitrogen and oxygen atoms in total. The number of methoxy groups -OCH3 is 1. The number of nitrogens with one attached hydrogen (secondary N) is 1. The number of nitrogens with zero attached hydrogens (tertiary/aromatic N) is 1. The fourth-order valence-electron chi connectivity index (χ4n) is 1.94. The van der Waals surface area contributed by atoms with E-state index in [4.69, 9.17) is 14.7 Å². The molecule has 0 aliphatic rings. The molecule has 4 heteroatoms. The average Bonchev–Trinajstić information content (AvgIpc) is 2.55. The molecule has 1 unspecified atom stereocenters. The summed E-state index contributed by atoms with van der Waals surface area (Å²) < 4.78 is 11.1. The van der Waals surface area contributed by atoms with E-state index >= 15 is 0 Å². The van der Waals surface area contributed by atoms with E-state index in [9.17, 15) is 0 Å². The standard InChI is InChI=1S/C17H18N2O2/c1-12(19-2)14-5-7-15(8-6-14)21-16-9-4-13(11-18)10-17(16)20-3/h4-10,12,19H,1-3H3. The highest BCUT2D eigenvalue weighted by atomic mass is 16.5. The summed E-state index contributed by atoms with van der Waals surface area (Å²) in [6.07, 6.45) is 0. The van der Waals surface area contributed by atoms with Crippen LogP contribution < -0.4 is 14.8 Å². The predicted molar refractivity (Wildman–Crippen MR) is 81.7 cm³/mol. The van der Waals surface area contributed by atoms with Crippen LogP contribution in [0.3, 0.4) is 0 Å². The van der Waals surface area contributed by atoms with E-state index < -0.39 is 0 Å². The van der Waals surface area contributed by atoms with Crippen LogP contribution in [0.25, 0.3) is 0 Å². The molecule has 21 heavy (non-hydrogen) atoms. The van der Waals surface area contributed by atoms with E-state index in [1.54, 1.807) is 25.3 Å². The monoisotopic (exact) mass is 282 g/mol. The number of ether oxygens (including phenoxy) is 2. The van der Waals surface area contributed by atoms with Gasteiger partial charge in [-0.1, -0.05) is 12.1 Å². The van der Waals surface area contributed by atoms with Crippen molar-refractivity contribution in [2.75, 3.05) is 14.2 Å². The van der Waals surface area contributed by atoms with Gasteiger partial charge in [0.05, 0.1) is 18.7 Å². The van der Waals surface area contributed by atoms with Crippen LogP contribution in [0.5, 0.6) is 17.2 Å². The summed E-state index contributed by atoms with van der Waals surface area (Å²) in [5.74, 6) is 1.86. The quantitative estimate of drug-likeness (QED) is 0.909. The van der Waals surface area contributed by atoms with Crippen molar-refractivity contribution in [2.45, 2.75) is 13.0 Å². The second-order valence-electron chi connectivity index (χ2n) is 4.66. The largest absolute Gasteiger partial charge is 0.493 e. The highest BCUT2D eigenvalue weighted by Crippen LogP contribution is 2.32. The third-order valence-corrected chi connectivity index (χ3v) is 3.33. The van der Waals surface area contributed by atoms with Gasteiger partial charge in [-0.2, -0.15) is 5.26 Å². The molecule has 0 heterocycles. The van der Waals surface area contributed by atoms with Crippen molar-refractivity contribution in [2.24, 2.45) is 0 Å². The zero-order valence-corrected chi connectivity index (χ0v) is 12.4. The molecule has 1 N–H and O–H groups in total. The summed E-state index contributed by atoms with van der Waals surface area (Å²) in [6.45, 7) is 2.10. The molecule has 0 bridgehead atoms. The highest BCUT2D eigenvalue weighted by molar-refractivity contribution is 5.48. The van der Waals surface area contributed by atoms with Crippen LogP contribution in [-0.4, -0.2) is 14.2 Å². The van der Waals surface area contributed by atoms with Gasteiger partial charge in [0, 0.05) is 12.1 Å². The van der Waals surface area contributed by atoms with Crippen LogP contribution in [0.4, 0.5) is 0 Å². The van der Waals surface area contributed by atoms with Gasteiger partial charge in [0.25, 0.3) is 0 Å². The zero-order chi connectivity index (χ0) is 15.2. The lowest BCUT2D eigenvalue weighted by molar-refractivity contribution is 0.378. The van der Waals surface area contributed by atoms with Crippen molar-refractivity contribution >= 4 is 0 Å². The number of hydrogen-bond donors (Lipinski definition) is 1. The Kier molecular flexibility index (Phi) is 4.81. The van der Waals surface area contributed by atoms with Crippen LogP contribution in [0.1, 0.15) is 24.1 Å². The van der Waals surface area contributed by atoms with Gasteiger partial charge in [0.15, 0.2) is 11.5 Å². The Morgan fingerprint density at radius 3 is 2.38 bits per heavy atom. The summed E-state index contributed by atoms with van der Waals surface area (Å²) in [6, 6.07) is 15.3. The highest BCUT2D eigenvalue weighted by Gasteiger charge is 2.08. The Hall–Kier alpha value is -2.51. The molecule has 0 aromatic heterocycles. The Morgan fingerprint density at radius 2 is 1.81 bits per heavy atom.